The first-order valence-electron chi connectivity index (χ1n) is 6.34. The average molecular weight is 282 g/mol. The maximum atomic E-state index is 11.4. The smallest absolute Gasteiger partial charge is 0.309 e. The van der Waals surface area contributed by atoms with Gasteiger partial charge in [0.05, 0.1) is 4.92 Å². The number of amides is 2. The van der Waals surface area contributed by atoms with E-state index in [9.17, 15) is 19.7 Å². The van der Waals surface area contributed by atoms with Crippen LogP contribution in [0, 0.1) is 10.1 Å². The molecule has 0 spiro atoms. The molecule has 1 aromatic carbocycles. The van der Waals surface area contributed by atoms with Crippen LogP contribution in [0.5, 0.6) is 0 Å². The van der Waals surface area contributed by atoms with Crippen molar-refractivity contribution in [1.82, 2.24) is 10.6 Å². The molecule has 7 heteroatoms. The van der Waals surface area contributed by atoms with Crippen molar-refractivity contribution < 1.29 is 14.5 Å². The lowest BCUT2D eigenvalue weighted by atomic mass is 10.1. The number of carbonyl (C=O) groups is 2. The van der Waals surface area contributed by atoms with E-state index in [0.717, 1.165) is 12.0 Å². The van der Waals surface area contributed by atoms with Crippen molar-refractivity contribution in [2.45, 2.75) is 19.8 Å². The molecule has 1 rings (SSSR count). The molecule has 0 heterocycles. The van der Waals surface area contributed by atoms with Crippen LogP contribution in [-0.4, -0.2) is 29.8 Å². The van der Waals surface area contributed by atoms with E-state index in [4.69, 9.17) is 0 Å². The van der Waals surface area contributed by atoms with E-state index in [2.05, 4.69) is 10.6 Å². The van der Waals surface area contributed by atoms with E-state index >= 15 is 0 Å². The number of nitro groups is 1. The van der Waals surface area contributed by atoms with Gasteiger partial charge in [-0.25, -0.2) is 0 Å². The Hall–Kier alpha value is -2.44. The summed E-state index contributed by atoms with van der Waals surface area (Å²) in [4.78, 5) is 32.6. The molecule has 0 radical (unpaired) electrons. The maximum absolute atomic E-state index is 11.4. The Labute approximate surface area is 116 Å². The van der Waals surface area contributed by atoms with E-state index in [1.807, 2.05) is 6.92 Å². The van der Waals surface area contributed by atoms with Gasteiger partial charge in [0.15, 0.2) is 0 Å². The summed E-state index contributed by atoms with van der Waals surface area (Å²) in [6, 6.07) is 6.07. The molecule has 2 amide bonds. The number of non-ortho nitro benzene ring substituents is 1. The van der Waals surface area contributed by atoms with Crippen molar-refractivity contribution in [3.05, 3.63) is 39.9 Å². The third kappa shape index (κ3) is 5.05. The van der Waals surface area contributed by atoms with Gasteiger partial charge in [-0.2, -0.15) is 0 Å². The zero-order chi connectivity index (χ0) is 15.0. The average Bonchev–Trinajstić information content (AvgIpc) is 2.45. The van der Waals surface area contributed by atoms with Gasteiger partial charge in [-0.1, -0.05) is 19.1 Å². The summed E-state index contributed by atoms with van der Waals surface area (Å²) in [6.07, 6.45) is 1.27. The fourth-order valence-corrected chi connectivity index (χ4v) is 1.50. The minimum absolute atomic E-state index is 0.0247. The number of nitrogens with one attached hydrogen (secondary N) is 2. The molecule has 0 aliphatic rings. The normalized spacial score (nSPS) is 9.85. The largest absolute Gasteiger partial charge is 0.348 e. The third-order valence-corrected chi connectivity index (χ3v) is 2.59. The zero-order valence-electron chi connectivity index (χ0n) is 11.2. The molecule has 0 bridgehead atoms. The van der Waals surface area contributed by atoms with Crippen molar-refractivity contribution in [3.8, 4) is 0 Å². The highest BCUT2D eigenvalue weighted by molar-refractivity contribution is 6.35. The SMILES string of the molecule is CCCN[13C](=O)[13C](=O)[15NH]CCc1ccc([N+](=O)[O-])cc1. The van der Waals surface area contributed by atoms with Gasteiger partial charge in [0.2, 0.25) is 0 Å². The second-order valence-corrected chi connectivity index (χ2v) is 4.19. The van der Waals surface area contributed by atoms with Crippen LogP contribution in [0.3, 0.4) is 0 Å². The first kappa shape index (κ1) is 15.6. The molecule has 2 N–H and O–H groups in total. The molecular formula is C13H17N3O4. The second-order valence-electron chi connectivity index (χ2n) is 4.19. The number of nitrogens with zero attached hydrogens (tertiary/aromatic N) is 1. The van der Waals surface area contributed by atoms with Crippen molar-refractivity contribution in [1.29, 1.82) is 0 Å². The maximum Gasteiger partial charge on any atom is 0.309 e. The Kier molecular flexibility index (Phi) is 6.15. The van der Waals surface area contributed by atoms with E-state index in [0.29, 0.717) is 19.5 Å². The van der Waals surface area contributed by atoms with Crippen molar-refractivity contribution >= 4 is 17.5 Å². The Morgan fingerprint density at radius 1 is 1.10 bits per heavy atom. The van der Waals surface area contributed by atoms with Crippen LogP contribution in [-0.2, 0) is 16.0 Å². The zero-order valence-corrected chi connectivity index (χ0v) is 11.2. The van der Waals surface area contributed by atoms with Gasteiger partial charge in [-0.15, -0.1) is 0 Å². The van der Waals surface area contributed by atoms with Gasteiger partial charge >= 0.3 is 11.8 Å². The molecule has 0 atom stereocenters. The lowest BCUT2D eigenvalue weighted by molar-refractivity contribution is -0.384. The van der Waals surface area contributed by atoms with Crippen LogP contribution < -0.4 is 10.6 Å². The van der Waals surface area contributed by atoms with Crippen LogP contribution in [0.1, 0.15) is 18.9 Å². The standard InChI is InChI=1S/C13H17N3O4/c1-2-8-14-12(17)13(18)15-9-7-10-3-5-11(6-4-10)16(19)20/h3-6H,2,7-9H2,1H3,(H,14,17)(H,15,18)/i12+1,13+1,15+1. The van der Waals surface area contributed by atoms with E-state index in [-0.39, 0.29) is 5.69 Å². The summed E-state index contributed by atoms with van der Waals surface area (Å²) >= 11 is 0. The highest BCUT2D eigenvalue weighted by Crippen LogP contribution is 2.11. The molecule has 20 heavy (non-hydrogen) atoms. The summed E-state index contributed by atoms with van der Waals surface area (Å²) in [5.74, 6) is -1.31. The third-order valence-electron chi connectivity index (χ3n) is 2.59. The number of hydrogen-bond acceptors (Lipinski definition) is 4. The monoisotopic (exact) mass is 282 g/mol. The first-order valence-corrected chi connectivity index (χ1v) is 6.34. The number of rotatable bonds is 6. The van der Waals surface area contributed by atoms with Gasteiger partial charge in [0.1, 0.15) is 0 Å². The van der Waals surface area contributed by atoms with E-state index in [1.54, 1.807) is 12.1 Å². The molecular weight excluding hydrogens is 265 g/mol. The Morgan fingerprint density at radius 3 is 2.15 bits per heavy atom. The van der Waals surface area contributed by atoms with Crippen LogP contribution >= 0.6 is 0 Å². The molecule has 108 valence electrons. The highest BCUT2D eigenvalue weighted by Gasteiger charge is 2.11. The molecule has 0 saturated carbocycles. The number of carbonyl (C=O) groups excluding carboxylic acids is 2. The minimum atomic E-state index is -0.666. The number of nitro benzene ring substituents is 1. The predicted octanol–water partition coefficient (Wildman–Crippen LogP) is 0.780. The van der Waals surface area contributed by atoms with Crippen molar-refractivity contribution in [3.63, 3.8) is 0 Å². The predicted molar refractivity (Wildman–Crippen MR) is 73.1 cm³/mol. The minimum Gasteiger partial charge on any atom is -0.348 e. The lowest BCUT2D eigenvalue weighted by Gasteiger charge is -2.05. The van der Waals surface area contributed by atoms with Gasteiger partial charge in [-0.05, 0) is 18.4 Å². The van der Waals surface area contributed by atoms with Crippen LogP contribution in [0.25, 0.3) is 0 Å². The van der Waals surface area contributed by atoms with Crippen LogP contribution in [0.4, 0.5) is 5.69 Å². The fraction of sp³-hybridized carbons (Fsp3) is 0.385. The number of hydrogen-bond donors (Lipinski definition) is 2. The first-order chi connectivity index (χ1) is 9.54. The van der Waals surface area contributed by atoms with Crippen molar-refractivity contribution in [2.75, 3.05) is 13.1 Å². The quantitative estimate of drug-likeness (QED) is 0.265. The molecule has 0 unspecified atom stereocenters. The Balaban J connectivity index is 2.35. The molecule has 0 fully saturated rings. The molecule has 0 aliphatic heterocycles. The summed E-state index contributed by atoms with van der Waals surface area (Å²) in [5.41, 5.74) is 0.876. The molecule has 0 aromatic heterocycles. The fourth-order valence-electron chi connectivity index (χ4n) is 1.50. The summed E-state index contributed by atoms with van der Waals surface area (Å²) < 4.78 is 0. The molecule has 7 nitrogen and oxygen atoms in total. The van der Waals surface area contributed by atoms with Gasteiger partial charge in [-0.3, -0.25) is 19.7 Å². The van der Waals surface area contributed by atoms with Crippen LogP contribution in [0.2, 0.25) is 0 Å². The molecule has 0 saturated heterocycles. The van der Waals surface area contributed by atoms with Gasteiger partial charge in [0.25, 0.3) is 5.69 Å². The second kappa shape index (κ2) is 7.88. The van der Waals surface area contributed by atoms with E-state index < -0.39 is 16.7 Å². The van der Waals surface area contributed by atoms with E-state index in [1.165, 1.54) is 12.1 Å². The molecule has 1 aromatic rings. The Morgan fingerprint density at radius 2 is 1.65 bits per heavy atom. The number of benzene rings is 1. The topological polar surface area (TPSA) is 101 Å². The lowest BCUT2D eigenvalue weighted by Crippen LogP contribution is -2.40. The summed E-state index contributed by atoms with van der Waals surface area (Å²) in [5, 5.41) is 15.4. The van der Waals surface area contributed by atoms with Crippen molar-refractivity contribution in [2.24, 2.45) is 0 Å². The molecule has 0 aliphatic carbocycles. The Bertz CT molecular complexity index is 485. The summed E-state index contributed by atoms with van der Waals surface area (Å²) in [7, 11) is 0. The van der Waals surface area contributed by atoms with Gasteiger partial charge < -0.3 is 10.6 Å². The summed E-state index contributed by atoms with van der Waals surface area (Å²) in [6.45, 7) is 2.66. The van der Waals surface area contributed by atoms with Crippen LogP contribution in [0.15, 0.2) is 24.3 Å². The van der Waals surface area contributed by atoms with Gasteiger partial charge in [0, 0.05) is 25.2 Å². The highest BCUT2D eigenvalue weighted by atomic mass is 16.6.